The molecule has 94 valence electrons. The lowest BCUT2D eigenvalue weighted by Crippen LogP contribution is -2.33. The summed E-state index contributed by atoms with van der Waals surface area (Å²) >= 11 is 3.07. The zero-order chi connectivity index (χ0) is 12.8. The summed E-state index contributed by atoms with van der Waals surface area (Å²) in [7, 11) is 0. The van der Waals surface area contributed by atoms with Gasteiger partial charge >= 0.3 is 0 Å². The molecular weight excluding hydrogens is 285 g/mol. The molecule has 0 aliphatic rings. The van der Waals surface area contributed by atoms with Crippen molar-refractivity contribution in [2.45, 2.75) is 39.2 Å². The minimum absolute atomic E-state index is 0.0702. The van der Waals surface area contributed by atoms with Gasteiger partial charge in [-0.05, 0) is 41.4 Å². The van der Waals surface area contributed by atoms with Gasteiger partial charge in [0.15, 0.2) is 0 Å². The molecule has 0 aromatic heterocycles. The largest absolute Gasteiger partial charge is 0.349 e. The highest BCUT2D eigenvalue weighted by Crippen LogP contribution is 2.18. The minimum Gasteiger partial charge on any atom is -0.349 e. The molecule has 4 heteroatoms. The van der Waals surface area contributed by atoms with Crippen molar-refractivity contribution in [3.05, 3.63) is 34.1 Å². The van der Waals surface area contributed by atoms with E-state index in [4.69, 9.17) is 0 Å². The van der Waals surface area contributed by atoms with Crippen LogP contribution in [0.3, 0.4) is 0 Å². The molecule has 0 spiro atoms. The van der Waals surface area contributed by atoms with E-state index >= 15 is 0 Å². The molecule has 0 heterocycles. The summed E-state index contributed by atoms with van der Waals surface area (Å²) in [4.78, 5) is 11.8. The third-order valence-corrected chi connectivity index (χ3v) is 3.18. The Labute approximate surface area is 110 Å². The first-order valence-electron chi connectivity index (χ1n) is 5.81. The summed E-state index contributed by atoms with van der Waals surface area (Å²) in [5, 5.41) is 2.80. The molecule has 1 N–H and O–H groups in total. The smallest absolute Gasteiger partial charge is 0.254 e. The predicted octanol–water partition coefficient (Wildman–Crippen LogP) is 3.90. The van der Waals surface area contributed by atoms with Gasteiger partial charge in [0.2, 0.25) is 0 Å². The fourth-order valence-electron chi connectivity index (χ4n) is 1.56. The second-order valence-corrected chi connectivity index (χ2v) is 4.97. The highest BCUT2D eigenvalue weighted by Gasteiger charge is 2.15. The van der Waals surface area contributed by atoms with Gasteiger partial charge < -0.3 is 5.32 Å². The van der Waals surface area contributed by atoms with Crippen LogP contribution in [0.4, 0.5) is 4.39 Å². The maximum atomic E-state index is 13.6. The minimum atomic E-state index is -0.507. The third kappa shape index (κ3) is 4.11. The van der Waals surface area contributed by atoms with Crippen LogP contribution in [0.2, 0.25) is 0 Å². The first-order valence-corrected chi connectivity index (χ1v) is 6.60. The molecule has 0 bridgehead atoms. The van der Waals surface area contributed by atoms with E-state index in [9.17, 15) is 9.18 Å². The number of carbonyl (C=O) groups excluding carboxylic acids is 1. The Morgan fingerprint density at radius 1 is 1.53 bits per heavy atom. The Balaban J connectivity index is 2.67. The molecule has 0 radical (unpaired) electrons. The monoisotopic (exact) mass is 301 g/mol. The van der Waals surface area contributed by atoms with E-state index in [1.807, 2.05) is 6.92 Å². The van der Waals surface area contributed by atoms with E-state index in [-0.39, 0.29) is 17.5 Å². The van der Waals surface area contributed by atoms with Gasteiger partial charge in [-0.15, -0.1) is 0 Å². The maximum Gasteiger partial charge on any atom is 0.254 e. The van der Waals surface area contributed by atoms with Crippen molar-refractivity contribution in [2.75, 3.05) is 0 Å². The number of halogens is 2. The third-order valence-electron chi connectivity index (χ3n) is 2.56. The van der Waals surface area contributed by atoms with E-state index in [1.54, 1.807) is 12.1 Å². The second-order valence-electron chi connectivity index (χ2n) is 4.12. The molecule has 1 aromatic carbocycles. The molecule has 1 unspecified atom stereocenters. The first-order chi connectivity index (χ1) is 8.06. The summed E-state index contributed by atoms with van der Waals surface area (Å²) in [6.45, 7) is 4.03. The number of unbranched alkanes of at least 4 members (excludes halogenated alkanes) is 1. The van der Waals surface area contributed by atoms with Crippen molar-refractivity contribution in [2.24, 2.45) is 0 Å². The topological polar surface area (TPSA) is 29.1 Å². The van der Waals surface area contributed by atoms with Crippen molar-refractivity contribution < 1.29 is 9.18 Å². The summed E-state index contributed by atoms with van der Waals surface area (Å²) in [5.74, 6) is -0.861. The van der Waals surface area contributed by atoms with Crippen LogP contribution in [-0.4, -0.2) is 11.9 Å². The first kappa shape index (κ1) is 14.2. The van der Waals surface area contributed by atoms with Gasteiger partial charge in [0.05, 0.1) is 10.0 Å². The Hall–Kier alpha value is -0.900. The number of carbonyl (C=O) groups is 1. The highest BCUT2D eigenvalue weighted by atomic mass is 79.9. The van der Waals surface area contributed by atoms with E-state index in [1.165, 1.54) is 6.07 Å². The van der Waals surface area contributed by atoms with Gasteiger partial charge in [0, 0.05) is 6.04 Å². The quantitative estimate of drug-likeness (QED) is 0.878. The van der Waals surface area contributed by atoms with Crippen LogP contribution >= 0.6 is 15.9 Å². The van der Waals surface area contributed by atoms with Gasteiger partial charge in [-0.2, -0.15) is 0 Å². The number of hydrogen-bond donors (Lipinski definition) is 1. The molecule has 0 fully saturated rings. The van der Waals surface area contributed by atoms with E-state index in [0.29, 0.717) is 4.47 Å². The molecule has 1 rings (SSSR count). The Morgan fingerprint density at radius 2 is 2.24 bits per heavy atom. The molecule has 2 nitrogen and oxygen atoms in total. The molecule has 0 saturated heterocycles. The highest BCUT2D eigenvalue weighted by molar-refractivity contribution is 9.10. The predicted molar refractivity (Wildman–Crippen MR) is 70.6 cm³/mol. The normalized spacial score (nSPS) is 12.2. The average Bonchev–Trinajstić information content (AvgIpc) is 2.29. The maximum absolute atomic E-state index is 13.6. The molecule has 1 aromatic rings. The number of benzene rings is 1. The summed E-state index contributed by atoms with van der Waals surface area (Å²) < 4.78 is 14.0. The molecule has 1 amide bonds. The molecule has 1 atom stereocenters. The van der Waals surface area contributed by atoms with E-state index in [0.717, 1.165) is 19.3 Å². The number of nitrogens with one attached hydrogen (secondary N) is 1. The van der Waals surface area contributed by atoms with Crippen molar-refractivity contribution in [1.82, 2.24) is 5.32 Å². The molecular formula is C13H17BrFNO. The Kier molecular flexibility index (Phi) is 5.62. The Bertz CT molecular complexity index is 395. The standard InChI is InChI=1S/C13H17BrFNO/c1-3-4-6-9(2)16-13(17)10-7-5-8-11(14)12(10)15/h5,7-9H,3-4,6H2,1-2H3,(H,16,17). The van der Waals surface area contributed by atoms with Gasteiger partial charge in [-0.1, -0.05) is 25.8 Å². The van der Waals surface area contributed by atoms with Crippen LogP contribution in [0.5, 0.6) is 0 Å². The van der Waals surface area contributed by atoms with Crippen LogP contribution in [0.1, 0.15) is 43.5 Å². The number of rotatable bonds is 5. The van der Waals surface area contributed by atoms with Gasteiger partial charge in [-0.3, -0.25) is 4.79 Å². The fourth-order valence-corrected chi connectivity index (χ4v) is 1.93. The summed E-state index contributed by atoms with van der Waals surface area (Å²) in [6.07, 6.45) is 3.06. The van der Waals surface area contributed by atoms with Crippen LogP contribution in [-0.2, 0) is 0 Å². The SMILES string of the molecule is CCCCC(C)NC(=O)c1cccc(Br)c1F. The average molecular weight is 302 g/mol. The van der Waals surface area contributed by atoms with E-state index < -0.39 is 5.82 Å². The molecule has 0 aliphatic heterocycles. The zero-order valence-corrected chi connectivity index (χ0v) is 11.7. The summed E-state index contributed by atoms with van der Waals surface area (Å²) in [6, 6.07) is 4.79. The van der Waals surface area contributed by atoms with Crippen LogP contribution < -0.4 is 5.32 Å². The van der Waals surface area contributed by atoms with Gasteiger partial charge in [-0.25, -0.2) is 4.39 Å². The Morgan fingerprint density at radius 3 is 2.88 bits per heavy atom. The molecule has 0 aliphatic carbocycles. The van der Waals surface area contributed by atoms with E-state index in [2.05, 4.69) is 28.2 Å². The number of hydrogen-bond acceptors (Lipinski definition) is 1. The van der Waals surface area contributed by atoms with Crippen molar-refractivity contribution in [3.63, 3.8) is 0 Å². The van der Waals surface area contributed by atoms with Crippen molar-refractivity contribution in [1.29, 1.82) is 0 Å². The molecule has 0 saturated carbocycles. The lowest BCUT2D eigenvalue weighted by Gasteiger charge is -2.13. The van der Waals surface area contributed by atoms with Crippen LogP contribution in [0, 0.1) is 5.82 Å². The van der Waals surface area contributed by atoms with Gasteiger partial charge in [0.1, 0.15) is 5.82 Å². The van der Waals surface area contributed by atoms with Crippen molar-refractivity contribution >= 4 is 21.8 Å². The zero-order valence-electron chi connectivity index (χ0n) is 10.1. The second kappa shape index (κ2) is 6.74. The fraction of sp³-hybridized carbons (Fsp3) is 0.462. The lowest BCUT2D eigenvalue weighted by atomic mass is 10.1. The lowest BCUT2D eigenvalue weighted by molar-refractivity contribution is 0.0934. The number of amides is 1. The summed E-state index contributed by atoms with van der Waals surface area (Å²) in [5.41, 5.74) is 0.0859. The van der Waals surface area contributed by atoms with Crippen molar-refractivity contribution in [3.8, 4) is 0 Å². The molecule has 17 heavy (non-hydrogen) atoms. The van der Waals surface area contributed by atoms with Crippen LogP contribution in [0.15, 0.2) is 22.7 Å². The van der Waals surface area contributed by atoms with Gasteiger partial charge in [0.25, 0.3) is 5.91 Å². The van der Waals surface area contributed by atoms with Crippen LogP contribution in [0.25, 0.3) is 0 Å².